The molecule has 0 aliphatic heterocycles. The number of fused-ring (bicyclic) bond motifs is 2. The lowest BCUT2D eigenvalue weighted by Gasteiger charge is -2.09. The highest BCUT2D eigenvalue weighted by Crippen LogP contribution is 2.41. The van der Waals surface area contributed by atoms with Crippen molar-refractivity contribution in [2.75, 3.05) is 16.5 Å². The summed E-state index contributed by atoms with van der Waals surface area (Å²) in [4.78, 5) is 16.7. The van der Waals surface area contributed by atoms with Crippen LogP contribution in [0.5, 0.6) is 0 Å². The lowest BCUT2D eigenvalue weighted by Crippen LogP contribution is -2.24. The van der Waals surface area contributed by atoms with Crippen molar-refractivity contribution in [2.45, 2.75) is 0 Å². The molecule has 134 valence electrons. The van der Waals surface area contributed by atoms with Crippen LogP contribution in [-0.2, 0) is 0 Å². The average Bonchev–Trinajstić information content (AvgIpc) is 3.39. The number of imidazole rings is 1. The van der Waals surface area contributed by atoms with Gasteiger partial charge in [0.15, 0.2) is 0 Å². The van der Waals surface area contributed by atoms with Gasteiger partial charge in [-0.3, -0.25) is 0 Å². The third kappa shape index (κ3) is 2.50. The highest BCUT2D eigenvalue weighted by atomic mass is 32.1. The van der Waals surface area contributed by atoms with Gasteiger partial charge in [0.1, 0.15) is 11.3 Å². The smallest absolute Gasteiger partial charge is 0.207 e. The minimum absolute atomic E-state index is 0.471. The number of aromatic amines is 1. The van der Waals surface area contributed by atoms with Crippen LogP contribution in [0.4, 0.5) is 21.6 Å². The predicted octanol–water partition coefficient (Wildman–Crippen LogP) is 3.47. The molecule has 0 atom stereocenters. The number of nitrogens with zero attached hydrogens (tertiary/aromatic N) is 4. The maximum absolute atomic E-state index is 6.44. The Labute approximate surface area is 161 Å². The first-order valence-electron chi connectivity index (χ1n) is 8.00. The maximum Gasteiger partial charge on any atom is 0.207 e. The number of para-hydroxylation sites is 2. The predicted molar refractivity (Wildman–Crippen MR) is 112 cm³/mol. The van der Waals surface area contributed by atoms with Crippen LogP contribution in [-0.4, -0.2) is 19.9 Å². The van der Waals surface area contributed by atoms with Crippen LogP contribution in [0, 0.1) is 0 Å². The molecule has 0 aliphatic carbocycles. The zero-order valence-corrected chi connectivity index (χ0v) is 15.5. The number of benzene rings is 2. The molecule has 0 saturated carbocycles. The summed E-state index contributed by atoms with van der Waals surface area (Å²) in [5.41, 5.74) is 16.8. The summed E-state index contributed by atoms with van der Waals surface area (Å²) in [5, 5.41) is 4.55. The Morgan fingerprint density at radius 2 is 1.93 bits per heavy atom. The van der Waals surface area contributed by atoms with Crippen LogP contribution in [0.3, 0.4) is 0 Å². The topological polar surface area (TPSA) is 136 Å². The molecule has 3 aromatic heterocycles. The van der Waals surface area contributed by atoms with Gasteiger partial charge in [-0.05, 0) is 18.2 Å². The number of rotatable bonds is 3. The third-order valence-electron chi connectivity index (χ3n) is 4.20. The van der Waals surface area contributed by atoms with Gasteiger partial charge in [0, 0.05) is 17.3 Å². The van der Waals surface area contributed by atoms with Crippen molar-refractivity contribution in [1.82, 2.24) is 19.9 Å². The van der Waals surface area contributed by atoms with E-state index in [1.165, 1.54) is 27.7 Å². The first-order valence-corrected chi connectivity index (χ1v) is 9.69. The first-order chi connectivity index (χ1) is 13.1. The molecular formula is C17H14N8S2. The number of hydrazine groups is 1. The molecule has 5 rings (SSSR count). The number of anilines is 4. The van der Waals surface area contributed by atoms with E-state index in [9.17, 15) is 0 Å². The number of thiazole rings is 2. The molecule has 7 N–H and O–H groups in total. The number of hydrogen-bond acceptors (Lipinski definition) is 9. The van der Waals surface area contributed by atoms with Gasteiger partial charge >= 0.3 is 0 Å². The summed E-state index contributed by atoms with van der Waals surface area (Å²) in [5.74, 6) is 6.77. The molecule has 10 heteroatoms. The zero-order valence-electron chi connectivity index (χ0n) is 13.9. The van der Waals surface area contributed by atoms with E-state index in [1.54, 1.807) is 6.20 Å². The SMILES string of the molecule is Nc1cc2sc(N(N)c3nccs3)nc2c(N)c1-c1nc2ccccc2[nH]1. The van der Waals surface area contributed by atoms with E-state index < -0.39 is 0 Å². The van der Waals surface area contributed by atoms with Crippen molar-refractivity contribution in [1.29, 1.82) is 0 Å². The van der Waals surface area contributed by atoms with Crippen molar-refractivity contribution < 1.29 is 0 Å². The highest BCUT2D eigenvalue weighted by Gasteiger charge is 2.20. The van der Waals surface area contributed by atoms with Gasteiger partial charge < -0.3 is 16.5 Å². The minimum atomic E-state index is 0.471. The monoisotopic (exact) mass is 394 g/mol. The van der Waals surface area contributed by atoms with Crippen LogP contribution in [0.1, 0.15) is 0 Å². The summed E-state index contributed by atoms with van der Waals surface area (Å²) in [6.45, 7) is 0. The quantitative estimate of drug-likeness (QED) is 0.209. The van der Waals surface area contributed by atoms with Crippen molar-refractivity contribution in [3.8, 4) is 11.4 Å². The molecule has 27 heavy (non-hydrogen) atoms. The Balaban J connectivity index is 1.67. The number of nitrogens with two attached hydrogens (primary N) is 3. The van der Waals surface area contributed by atoms with E-state index in [0.717, 1.165) is 15.7 Å². The fourth-order valence-corrected chi connectivity index (χ4v) is 4.53. The second-order valence-electron chi connectivity index (χ2n) is 5.88. The molecule has 0 unspecified atom stereocenters. The van der Waals surface area contributed by atoms with Gasteiger partial charge in [-0.1, -0.05) is 23.5 Å². The third-order valence-corrected chi connectivity index (χ3v) is 5.97. The maximum atomic E-state index is 6.44. The molecule has 0 spiro atoms. The number of aromatic nitrogens is 4. The molecule has 8 nitrogen and oxygen atoms in total. The zero-order chi connectivity index (χ0) is 18.5. The Kier molecular flexibility index (Phi) is 3.50. The van der Waals surface area contributed by atoms with Crippen molar-refractivity contribution in [3.05, 3.63) is 41.9 Å². The standard InChI is InChI=1S/C17H14N8S2/c18-8-7-11-14(24-17(27-11)25(20)16-21-5-6-26-16)13(19)12(8)15-22-9-3-1-2-4-10(9)23-15/h1-7H,18-20H2,(H,22,23). The minimum Gasteiger partial charge on any atom is -0.398 e. The van der Waals surface area contributed by atoms with Crippen molar-refractivity contribution >= 4 is 65.6 Å². The molecule has 0 radical (unpaired) electrons. The van der Waals surface area contributed by atoms with E-state index in [2.05, 4.69) is 19.9 Å². The Morgan fingerprint density at radius 3 is 2.70 bits per heavy atom. The van der Waals surface area contributed by atoms with Crippen LogP contribution < -0.4 is 22.3 Å². The van der Waals surface area contributed by atoms with Gasteiger partial charge in [0.25, 0.3) is 0 Å². The summed E-state index contributed by atoms with van der Waals surface area (Å²) in [7, 11) is 0. The van der Waals surface area contributed by atoms with Crippen LogP contribution in [0.15, 0.2) is 41.9 Å². The second kappa shape index (κ2) is 5.91. The Bertz CT molecular complexity index is 1240. The van der Waals surface area contributed by atoms with E-state index in [-0.39, 0.29) is 0 Å². The summed E-state index contributed by atoms with van der Waals surface area (Å²) >= 11 is 2.84. The van der Waals surface area contributed by atoms with Crippen molar-refractivity contribution in [3.63, 3.8) is 0 Å². The number of nitrogens with one attached hydrogen (secondary N) is 1. The lowest BCUT2D eigenvalue weighted by atomic mass is 10.1. The molecular weight excluding hydrogens is 380 g/mol. The van der Waals surface area contributed by atoms with Crippen molar-refractivity contribution in [2.24, 2.45) is 5.84 Å². The molecule has 0 saturated heterocycles. The molecule has 3 heterocycles. The molecule has 0 fully saturated rings. The Hall–Kier alpha value is -3.21. The van der Waals surface area contributed by atoms with Crippen LogP contribution in [0.25, 0.3) is 32.6 Å². The highest BCUT2D eigenvalue weighted by molar-refractivity contribution is 7.22. The van der Waals surface area contributed by atoms with Crippen LogP contribution in [0.2, 0.25) is 0 Å². The fraction of sp³-hybridized carbons (Fsp3) is 0. The molecule has 0 amide bonds. The van der Waals surface area contributed by atoms with Gasteiger partial charge in [-0.15, -0.1) is 11.3 Å². The van der Waals surface area contributed by atoms with Gasteiger partial charge in [-0.25, -0.2) is 25.8 Å². The molecule has 0 bridgehead atoms. The van der Waals surface area contributed by atoms with E-state index in [4.69, 9.17) is 17.3 Å². The lowest BCUT2D eigenvalue weighted by molar-refractivity contribution is 1.06. The second-order valence-corrected chi connectivity index (χ2v) is 7.77. The fourth-order valence-electron chi connectivity index (χ4n) is 2.95. The summed E-state index contributed by atoms with van der Waals surface area (Å²) in [6.07, 6.45) is 1.69. The normalized spacial score (nSPS) is 11.4. The van der Waals surface area contributed by atoms with E-state index >= 15 is 0 Å². The average molecular weight is 394 g/mol. The molecule has 2 aromatic carbocycles. The molecule has 5 aromatic rings. The van der Waals surface area contributed by atoms with Gasteiger partial charge in [0.2, 0.25) is 10.3 Å². The number of nitrogen functional groups attached to an aromatic ring is 2. The van der Waals surface area contributed by atoms with E-state index in [0.29, 0.717) is 38.5 Å². The summed E-state index contributed by atoms with van der Waals surface area (Å²) in [6, 6.07) is 9.62. The summed E-state index contributed by atoms with van der Waals surface area (Å²) < 4.78 is 0.854. The largest absolute Gasteiger partial charge is 0.398 e. The Morgan fingerprint density at radius 1 is 1.07 bits per heavy atom. The first kappa shape index (κ1) is 16.0. The van der Waals surface area contributed by atoms with Gasteiger partial charge in [0.05, 0.1) is 27.0 Å². The van der Waals surface area contributed by atoms with Crippen LogP contribution >= 0.6 is 22.7 Å². The molecule has 0 aliphatic rings. The van der Waals surface area contributed by atoms with E-state index in [1.807, 2.05) is 35.7 Å². The number of hydrogen-bond donors (Lipinski definition) is 4. The van der Waals surface area contributed by atoms with Gasteiger partial charge in [-0.2, -0.15) is 0 Å². The number of H-pyrrole nitrogens is 1.